The third-order valence-electron chi connectivity index (χ3n) is 3.64. The van der Waals surface area contributed by atoms with Gasteiger partial charge in [-0.05, 0) is 42.8 Å². The smallest absolute Gasteiger partial charge is 0.159 e. The summed E-state index contributed by atoms with van der Waals surface area (Å²) in [7, 11) is 0. The topological polar surface area (TPSA) is 55.0 Å². The van der Waals surface area contributed by atoms with Crippen LogP contribution < -0.4 is 5.73 Å². The monoisotopic (exact) mass is 254 g/mol. The Labute approximate surface area is 113 Å². The molecule has 1 aromatic heterocycles. The molecule has 0 radical (unpaired) electrons. The fraction of sp³-hybridized carbons (Fsp3) is 0.333. The van der Waals surface area contributed by atoms with E-state index >= 15 is 0 Å². The number of aromatic nitrogens is 2. The predicted molar refractivity (Wildman–Crippen MR) is 76.5 cm³/mol. The van der Waals surface area contributed by atoms with Crippen LogP contribution in [0.3, 0.4) is 0 Å². The van der Waals surface area contributed by atoms with Crippen molar-refractivity contribution >= 4 is 5.69 Å². The molecule has 1 aliphatic heterocycles. The largest absolute Gasteiger partial charge is 0.399 e. The minimum Gasteiger partial charge on any atom is -0.399 e. The maximum atomic E-state index is 5.70. The van der Waals surface area contributed by atoms with Crippen molar-refractivity contribution in [3.63, 3.8) is 0 Å². The van der Waals surface area contributed by atoms with Crippen LogP contribution in [0, 0.1) is 0 Å². The Morgan fingerprint density at radius 3 is 2.79 bits per heavy atom. The van der Waals surface area contributed by atoms with Crippen molar-refractivity contribution < 1.29 is 0 Å². The second-order valence-corrected chi connectivity index (χ2v) is 4.91. The van der Waals surface area contributed by atoms with Gasteiger partial charge in [0.1, 0.15) is 0 Å². The lowest BCUT2D eigenvalue weighted by Crippen LogP contribution is -2.31. The number of fused-ring (bicyclic) bond motifs is 1. The summed E-state index contributed by atoms with van der Waals surface area (Å²) in [5, 5.41) is 0. The van der Waals surface area contributed by atoms with Gasteiger partial charge in [-0.2, -0.15) is 0 Å². The predicted octanol–water partition coefficient (Wildman–Crippen LogP) is 2.10. The number of hydrogen-bond acceptors (Lipinski definition) is 4. The summed E-state index contributed by atoms with van der Waals surface area (Å²) in [4.78, 5) is 11.6. The molecule has 0 unspecified atom stereocenters. The lowest BCUT2D eigenvalue weighted by Gasteiger charge is -2.26. The Balaban J connectivity index is 1.94. The lowest BCUT2D eigenvalue weighted by molar-refractivity contribution is 0.263. The molecule has 4 nitrogen and oxygen atoms in total. The molecule has 1 aromatic carbocycles. The molecule has 0 spiro atoms. The molecule has 0 saturated heterocycles. The van der Waals surface area contributed by atoms with Crippen molar-refractivity contribution in [2.45, 2.75) is 19.9 Å². The van der Waals surface area contributed by atoms with E-state index in [0.29, 0.717) is 0 Å². The number of nitrogens with two attached hydrogens (primary N) is 1. The van der Waals surface area contributed by atoms with E-state index < -0.39 is 0 Å². The third-order valence-corrected chi connectivity index (χ3v) is 3.64. The zero-order valence-electron chi connectivity index (χ0n) is 11.1. The van der Waals surface area contributed by atoms with Crippen LogP contribution in [0.1, 0.15) is 18.2 Å². The first-order valence-electron chi connectivity index (χ1n) is 6.69. The van der Waals surface area contributed by atoms with Crippen molar-refractivity contribution in [1.82, 2.24) is 14.9 Å². The lowest BCUT2D eigenvalue weighted by atomic mass is 10.1. The molecule has 2 heterocycles. The summed E-state index contributed by atoms with van der Waals surface area (Å²) in [6.45, 7) is 5.29. The summed E-state index contributed by atoms with van der Waals surface area (Å²) in [5.41, 5.74) is 9.93. The Kier molecular flexibility index (Phi) is 3.17. The maximum Gasteiger partial charge on any atom is 0.159 e. The molecule has 98 valence electrons. The summed E-state index contributed by atoms with van der Waals surface area (Å²) < 4.78 is 0. The standard InChI is InChI=1S/C15H18N4/c1-2-19-8-7-12-9-17-15(18-14(12)10-19)11-3-5-13(16)6-4-11/h3-6,9H,2,7-8,10,16H2,1H3. The van der Waals surface area contributed by atoms with Gasteiger partial charge >= 0.3 is 0 Å². The first-order chi connectivity index (χ1) is 9.26. The highest BCUT2D eigenvalue weighted by atomic mass is 15.1. The molecule has 4 heteroatoms. The molecule has 2 N–H and O–H groups in total. The summed E-state index contributed by atoms with van der Waals surface area (Å²) >= 11 is 0. The van der Waals surface area contributed by atoms with Gasteiger partial charge in [0.05, 0.1) is 5.69 Å². The zero-order chi connectivity index (χ0) is 13.2. The van der Waals surface area contributed by atoms with Crippen molar-refractivity contribution in [3.05, 3.63) is 41.7 Å². The highest BCUT2D eigenvalue weighted by Crippen LogP contribution is 2.21. The molecule has 2 aromatic rings. The number of likely N-dealkylation sites (N-methyl/N-ethyl adjacent to an activating group) is 1. The van der Waals surface area contributed by atoms with Gasteiger partial charge in [0.15, 0.2) is 5.82 Å². The molecule has 0 amide bonds. The molecule has 0 saturated carbocycles. The van der Waals surface area contributed by atoms with Gasteiger partial charge in [0, 0.05) is 30.5 Å². The van der Waals surface area contributed by atoms with Crippen LogP contribution >= 0.6 is 0 Å². The van der Waals surface area contributed by atoms with E-state index in [1.165, 1.54) is 5.56 Å². The Hall–Kier alpha value is -1.94. The average molecular weight is 254 g/mol. The molecule has 1 aliphatic rings. The van der Waals surface area contributed by atoms with Crippen molar-refractivity contribution in [3.8, 4) is 11.4 Å². The Morgan fingerprint density at radius 2 is 2.05 bits per heavy atom. The molecular formula is C15H18N4. The van der Waals surface area contributed by atoms with Gasteiger partial charge in [-0.25, -0.2) is 9.97 Å². The molecule has 19 heavy (non-hydrogen) atoms. The van der Waals surface area contributed by atoms with Gasteiger partial charge < -0.3 is 5.73 Å². The Morgan fingerprint density at radius 1 is 1.26 bits per heavy atom. The van der Waals surface area contributed by atoms with Crippen molar-refractivity contribution in [2.75, 3.05) is 18.8 Å². The van der Waals surface area contributed by atoms with E-state index in [9.17, 15) is 0 Å². The van der Waals surface area contributed by atoms with Crippen molar-refractivity contribution in [2.24, 2.45) is 0 Å². The number of benzene rings is 1. The zero-order valence-corrected chi connectivity index (χ0v) is 11.1. The molecule has 0 bridgehead atoms. The number of rotatable bonds is 2. The molecule has 0 fully saturated rings. The normalized spacial score (nSPS) is 15.2. The highest BCUT2D eigenvalue weighted by molar-refractivity contribution is 5.58. The van der Waals surface area contributed by atoms with Gasteiger partial charge in [-0.3, -0.25) is 4.90 Å². The van der Waals surface area contributed by atoms with Gasteiger partial charge in [-0.1, -0.05) is 6.92 Å². The quantitative estimate of drug-likeness (QED) is 0.834. The average Bonchev–Trinajstić information content (AvgIpc) is 2.47. The summed E-state index contributed by atoms with van der Waals surface area (Å²) in [5.74, 6) is 0.789. The van der Waals surface area contributed by atoms with Crippen LogP contribution in [0.2, 0.25) is 0 Å². The van der Waals surface area contributed by atoms with E-state index in [1.807, 2.05) is 30.5 Å². The van der Waals surface area contributed by atoms with Crippen LogP contribution in [0.4, 0.5) is 5.69 Å². The second-order valence-electron chi connectivity index (χ2n) is 4.91. The number of nitrogen functional groups attached to an aromatic ring is 1. The van der Waals surface area contributed by atoms with Crippen LogP contribution in [0.5, 0.6) is 0 Å². The van der Waals surface area contributed by atoms with Crippen LogP contribution in [-0.4, -0.2) is 28.0 Å². The van der Waals surface area contributed by atoms with Gasteiger partial charge in [0.2, 0.25) is 0 Å². The van der Waals surface area contributed by atoms with E-state index in [0.717, 1.165) is 48.8 Å². The minimum atomic E-state index is 0.763. The van der Waals surface area contributed by atoms with E-state index in [4.69, 9.17) is 10.7 Å². The SMILES string of the molecule is CCN1CCc2cnc(-c3ccc(N)cc3)nc2C1. The van der Waals surface area contributed by atoms with E-state index in [1.54, 1.807) is 0 Å². The molecule has 3 rings (SSSR count). The molecule has 0 aliphatic carbocycles. The van der Waals surface area contributed by atoms with Crippen molar-refractivity contribution in [1.29, 1.82) is 0 Å². The van der Waals surface area contributed by atoms with Crippen LogP contribution in [0.15, 0.2) is 30.5 Å². The highest BCUT2D eigenvalue weighted by Gasteiger charge is 2.17. The first-order valence-corrected chi connectivity index (χ1v) is 6.69. The number of nitrogens with zero attached hydrogens (tertiary/aromatic N) is 3. The Bertz CT molecular complexity index is 577. The van der Waals surface area contributed by atoms with Crippen LogP contribution in [0.25, 0.3) is 11.4 Å². The first kappa shape index (κ1) is 12.1. The molecule has 0 atom stereocenters. The second kappa shape index (κ2) is 4.97. The fourth-order valence-electron chi connectivity index (χ4n) is 2.40. The van der Waals surface area contributed by atoms with Gasteiger partial charge in [0.25, 0.3) is 0 Å². The van der Waals surface area contributed by atoms with E-state index in [-0.39, 0.29) is 0 Å². The van der Waals surface area contributed by atoms with Crippen LogP contribution in [-0.2, 0) is 13.0 Å². The summed E-state index contributed by atoms with van der Waals surface area (Å²) in [6.07, 6.45) is 3.02. The molecular weight excluding hydrogens is 236 g/mol. The number of hydrogen-bond donors (Lipinski definition) is 1. The van der Waals surface area contributed by atoms with Gasteiger partial charge in [-0.15, -0.1) is 0 Å². The minimum absolute atomic E-state index is 0.763. The number of anilines is 1. The fourth-order valence-corrected chi connectivity index (χ4v) is 2.40. The summed E-state index contributed by atoms with van der Waals surface area (Å²) in [6, 6.07) is 7.71. The third kappa shape index (κ3) is 2.44. The maximum absolute atomic E-state index is 5.70. The van der Waals surface area contributed by atoms with E-state index in [2.05, 4.69) is 16.8 Å².